The molecule has 0 aliphatic carbocycles. The van der Waals surface area contributed by atoms with Crippen molar-refractivity contribution in [2.45, 2.75) is 12.8 Å². The van der Waals surface area contributed by atoms with Crippen LogP contribution in [0.2, 0.25) is 0 Å². The highest BCUT2D eigenvalue weighted by atomic mass is 32.1. The van der Waals surface area contributed by atoms with Crippen LogP contribution in [-0.4, -0.2) is 4.98 Å². The molecule has 0 unspecified atom stereocenters. The topological polar surface area (TPSA) is 12.9 Å². The molecule has 108 valence electrons. The molecular formula is C19H15NS2. The molecule has 22 heavy (non-hydrogen) atoms. The van der Waals surface area contributed by atoms with Crippen molar-refractivity contribution in [3.8, 4) is 10.4 Å². The van der Waals surface area contributed by atoms with E-state index in [2.05, 4.69) is 66.7 Å². The van der Waals surface area contributed by atoms with E-state index in [1.54, 1.807) is 0 Å². The molecule has 0 fully saturated rings. The molecule has 0 saturated heterocycles. The zero-order chi connectivity index (χ0) is 14.8. The van der Waals surface area contributed by atoms with Crippen LogP contribution >= 0.6 is 22.7 Å². The van der Waals surface area contributed by atoms with Gasteiger partial charge < -0.3 is 0 Å². The van der Waals surface area contributed by atoms with Gasteiger partial charge in [0.15, 0.2) is 0 Å². The number of benzene rings is 2. The first kappa shape index (κ1) is 13.7. The Morgan fingerprint density at radius 2 is 1.55 bits per heavy atom. The lowest BCUT2D eigenvalue weighted by molar-refractivity contribution is 0.968. The first-order valence-corrected chi connectivity index (χ1v) is 9.00. The van der Waals surface area contributed by atoms with Gasteiger partial charge in [-0.15, -0.1) is 22.7 Å². The van der Waals surface area contributed by atoms with Gasteiger partial charge in [0.05, 0.1) is 15.2 Å². The molecule has 0 aliphatic heterocycles. The highest BCUT2D eigenvalue weighted by Gasteiger charge is 2.06. The Morgan fingerprint density at radius 3 is 2.41 bits per heavy atom. The Kier molecular flexibility index (Phi) is 3.75. The van der Waals surface area contributed by atoms with Gasteiger partial charge in [0.25, 0.3) is 0 Å². The molecule has 2 aromatic heterocycles. The summed E-state index contributed by atoms with van der Waals surface area (Å²) in [6.07, 6.45) is 2.09. The van der Waals surface area contributed by atoms with Crippen molar-refractivity contribution >= 4 is 32.9 Å². The Hall–Kier alpha value is -1.97. The van der Waals surface area contributed by atoms with Crippen molar-refractivity contribution in [2.75, 3.05) is 0 Å². The fourth-order valence-electron chi connectivity index (χ4n) is 2.53. The number of aryl methyl sites for hydroxylation is 2. The second kappa shape index (κ2) is 6.03. The number of nitrogens with zero attached hydrogens (tertiary/aromatic N) is 1. The summed E-state index contributed by atoms with van der Waals surface area (Å²) in [5.74, 6) is 0. The van der Waals surface area contributed by atoms with E-state index in [9.17, 15) is 0 Å². The molecule has 0 N–H and O–H groups in total. The Balaban J connectivity index is 1.49. The number of fused-ring (bicyclic) bond motifs is 1. The second-order valence-corrected chi connectivity index (χ2v) is 7.49. The van der Waals surface area contributed by atoms with Gasteiger partial charge >= 0.3 is 0 Å². The smallest absolute Gasteiger partial charge is 0.0942 e. The zero-order valence-electron chi connectivity index (χ0n) is 12.0. The Bertz CT molecular complexity index is 857. The Labute approximate surface area is 137 Å². The van der Waals surface area contributed by atoms with E-state index in [0.29, 0.717) is 0 Å². The fourth-order valence-corrected chi connectivity index (χ4v) is 4.51. The minimum atomic E-state index is 1.02. The lowest BCUT2D eigenvalue weighted by atomic mass is 10.2. The predicted octanol–water partition coefficient (Wildman–Crippen LogP) is 5.81. The fraction of sp³-hybridized carbons (Fsp3) is 0.105. The zero-order valence-corrected chi connectivity index (χ0v) is 13.7. The maximum absolute atomic E-state index is 4.72. The van der Waals surface area contributed by atoms with Crippen LogP contribution in [0.4, 0.5) is 0 Å². The van der Waals surface area contributed by atoms with E-state index in [4.69, 9.17) is 4.98 Å². The van der Waals surface area contributed by atoms with E-state index in [0.717, 1.165) is 18.4 Å². The summed E-state index contributed by atoms with van der Waals surface area (Å²) in [7, 11) is 0. The molecule has 0 bridgehead atoms. The summed E-state index contributed by atoms with van der Waals surface area (Å²) in [4.78, 5) is 7.49. The molecule has 2 heterocycles. The largest absolute Gasteiger partial charge is 0.241 e. The van der Waals surface area contributed by atoms with Crippen LogP contribution < -0.4 is 0 Å². The molecule has 0 saturated carbocycles. The first-order chi connectivity index (χ1) is 10.9. The number of hydrogen-bond donors (Lipinski definition) is 0. The van der Waals surface area contributed by atoms with E-state index in [1.807, 2.05) is 22.7 Å². The summed E-state index contributed by atoms with van der Waals surface area (Å²) in [6, 6.07) is 23.4. The minimum absolute atomic E-state index is 1.02. The number of thiophene rings is 1. The van der Waals surface area contributed by atoms with Crippen molar-refractivity contribution in [1.29, 1.82) is 0 Å². The number of thiazole rings is 1. The average Bonchev–Trinajstić information content (AvgIpc) is 3.20. The van der Waals surface area contributed by atoms with E-state index >= 15 is 0 Å². The SMILES string of the molecule is c1ccc(-c2ccc(CCc3nc4ccccc4s3)s2)cc1. The minimum Gasteiger partial charge on any atom is -0.241 e. The van der Waals surface area contributed by atoms with Crippen LogP contribution in [0.3, 0.4) is 0 Å². The van der Waals surface area contributed by atoms with E-state index in [1.165, 1.54) is 25.0 Å². The lowest BCUT2D eigenvalue weighted by Crippen LogP contribution is -1.86. The van der Waals surface area contributed by atoms with Gasteiger partial charge in [0.2, 0.25) is 0 Å². The predicted molar refractivity (Wildman–Crippen MR) is 96.8 cm³/mol. The summed E-state index contributed by atoms with van der Waals surface area (Å²) in [5.41, 5.74) is 2.43. The number of para-hydroxylation sites is 1. The summed E-state index contributed by atoms with van der Waals surface area (Å²) < 4.78 is 1.29. The van der Waals surface area contributed by atoms with Gasteiger partial charge in [-0.1, -0.05) is 42.5 Å². The molecule has 0 amide bonds. The van der Waals surface area contributed by atoms with Crippen LogP contribution in [0.25, 0.3) is 20.7 Å². The lowest BCUT2D eigenvalue weighted by Gasteiger charge is -1.96. The second-order valence-electron chi connectivity index (χ2n) is 5.21. The third-order valence-corrected chi connectivity index (χ3v) is 5.93. The van der Waals surface area contributed by atoms with Gasteiger partial charge in [0, 0.05) is 16.2 Å². The van der Waals surface area contributed by atoms with Crippen molar-refractivity contribution in [3.63, 3.8) is 0 Å². The molecule has 0 atom stereocenters. The highest BCUT2D eigenvalue weighted by molar-refractivity contribution is 7.18. The molecule has 0 radical (unpaired) electrons. The maximum atomic E-state index is 4.72. The van der Waals surface area contributed by atoms with Crippen molar-refractivity contribution in [3.05, 3.63) is 76.6 Å². The number of aromatic nitrogens is 1. The molecule has 0 spiro atoms. The highest BCUT2D eigenvalue weighted by Crippen LogP contribution is 2.29. The van der Waals surface area contributed by atoms with Crippen LogP contribution in [0.15, 0.2) is 66.7 Å². The normalized spacial score (nSPS) is 11.1. The molecule has 3 heteroatoms. The summed E-state index contributed by atoms with van der Waals surface area (Å²) >= 11 is 3.70. The molecule has 1 nitrogen and oxygen atoms in total. The Morgan fingerprint density at radius 1 is 0.727 bits per heavy atom. The van der Waals surface area contributed by atoms with Crippen LogP contribution in [0.5, 0.6) is 0 Å². The molecule has 4 rings (SSSR count). The maximum Gasteiger partial charge on any atom is 0.0942 e. The van der Waals surface area contributed by atoms with Crippen molar-refractivity contribution < 1.29 is 0 Å². The van der Waals surface area contributed by atoms with E-state index in [-0.39, 0.29) is 0 Å². The molecule has 2 aromatic carbocycles. The van der Waals surface area contributed by atoms with Gasteiger partial charge in [-0.2, -0.15) is 0 Å². The van der Waals surface area contributed by atoms with Crippen molar-refractivity contribution in [1.82, 2.24) is 4.98 Å². The van der Waals surface area contributed by atoms with Crippen LogP contribution in [0.1, 0.15) is 9.88 Å². The average molecular weight is 321 g/mol. The van der Waals surface area contributed by atoms with Gasteiger partial charge in [0.1, 0.15) is 0 Å². The first-order valence-electron chi connectivity index (χ1n) is 7.37. The molecular weight excluding hydrogens is 306 g/mol. The summed E-state index contributed by atoms with van der Waals surface area (Å²) in [6.45, 7) is 0. The number of hydrogen-bond acceptors (Lipinski definition) is 3. The molecule has 4 aromatic rings. The quantitative estimate of drug-likeness (QED) is 0.462. The third kappa shape index (κ3) is 2.82. The van der Waals surface area contributed by atoms with E-state index < -0.39 is 0 Å². The van der Waals surface area contributed by atoms with Crippen LogP contribution in [0, 0.1) is 0 Å². The standard InChI is InChI=1S/C19H15NS2/c1-2-6-14(7-3-1)17-12-10-15(21-17)11-13-19-20-16-8-4-5-9-18(16)22-19/h1-10,12H,11,13H2. The van der Waals surface area contributed by atoms with Crippen LogP contribution in [-0.2, 0) is 12.8 Å². The number of rotatable bonds is 4. The van der Waals surface area contributed by atoms with Gasteiger partial charge in [-0.05, 0) is 36.2 Å². The van der Waals surface area contributed by atoms with Gasteiger partial charge in [-0.25, -0.2) is 4.98 Å². The summed E-state index contributed by atoms with van der Waals surface area (Å²) in [5, 5.41) is 1.23. The van der Waals surface area contributed by atoms with Gasteiger partial charge in [-0.3, -0.25) is 0 Å². The molecule has 0 aliphatic rings. The third-order valence-electron chi connectivity index (χ3n) is 3.64. The monoisotopic (exact) mass is 321 g/mol. The van der Waals surface area contributed by atoms with Crippen molar-refractivity contribution in [2.24, 2.45) is 0 Å².